The number of hydrogen-bond acceptors (Lipinski definition) is 2. The molecule has 0 aliphatic carbocycles. The maximum atomic E-state index is 12.5. The Labute approximate surface area is 104 Å². The molecule has 1 amide bonds. The highest BCUT2D eigenvalue weighted by molar-refractivity contribution is 5.95. The molecule has 0 bridgehead atoms. The van der Waals surface area contributed by atoms with Crippen molar-refractivity contribution in [2.45, 2.75) is 46.2 Å². The maximum Gasteiger partial charge on any atom is 0.254 e. The van der Waals surface area contributed by atoms with Crippen molar-refractivity contribution in [3.63, 3.8) is 0 Å². The lowest BCUT2D eigenvalue weighted by Gasteiger charge is -2.39. The SMILES string of the molecule is CC(C)N(C(=O)c1cccc(N)c1)C(C)(C)C. The van der Waals surface area contributed by atoms with Crippen molar-refractivity contribution in [2.24, 2.45) is 0 Å². The summed E-state index contributed by atoms with van der Waals surface area (Å²) in [4.78, 5) is 14.3. The van der Waals surface area contributed by atoms with E-state index in [1.807, 2.05) is 45.6 Å². The monoisotopic (exact) mass is 234 g/mol. The van der Waals surface area contributed by atoms with Gasteiger partial charge in [0, 0.05) is 22.8 Å². The van der Waals surface area contributed by atoms with Gasteiger partial charge in [0.15, 0.2) is 0 Å². The first kappa shape index (κ1) is 13.6. The van der Waals surface area contributed by atoms with E-state index >= 15 is 0 Å². The van der Waals surface area contributed by atoms with Crippen LogP contribution < -0.4 is 5.73 Å². The van der Waals surface area contributed by atoms with Crippen LogP contribution in [-0.4, -0.2) is 22.4 Å². The molecular formula is C14H22N2O. The molecule has 1 aromatic rings. The van der Waals surface area contributed by atoms with Gasteiger partial charge in [-0.3, -0.25) is 4.79 Å². The minimum atomic E-state index is -0.199. The minimum absolute atomic E-state index is 0.0276. The number of rotatable bonds is 2. The van der Waals surface area contributed by atoms with Gasteiger partial charge in [-0.05, 0) is 52.8 Å². The number of benzene rings is 1. The number of nitrogen functional groups attached to an aromatic ring is 1. The largest absolute Gasteiger partial charge is 0.399 e. The van der Waals surface area contributed by atoms with Gasteiger partial charge in [0.05, 0.1) is 0 Å². The average Bonchev–Trinajstić information content (AvgIpc) is 2.14. The zero-order valence-electron chi connectivity index (χ0n) is 11.3. The van der Waals surface area contributed by atoms with E-state index < -0.39 is 0 Å². The predicted octanol–water partition coefficient (Wildman–Crippen LogP) is 2.92. The fraction of sp³-hybridized carbons (Fsp3) is 0.500. The van der Waals surface area contributed by atoms with Crippen LogP contribution in [0.3, 0.4) is 0 Å². The second-order valence-corrected chi connectivity index (χ2v) is 5.57. The second-order valence-electron chi connectivity index (χ2n) is 5.57. The van der Waals surface area contributed by atoms with Crippen LogP contribution in [0.2, 0.25) is 0 Å². The lowest BCUT2D eigenvalue weighted by atomic mass is 10.0. The van der Waals surface area contributed by atoms with Crippen molar-refractivity contribution in [1.29, 1.82) is 0 Å². The summed E-state index contributed by atoms with van der Waals surface area (Å²) in [6.07, 6.45) is 0. The average molecular weight is 234 g/mol. The number of amides is 1. The van der Waals surface area contributed by atoms with Crippen LogP contribution >= 0.6 is 0 Å². The Balaban J connectivity index is 3.09. The molecule has 1 rings (SSSR count). The number of carbonyl (C=O) groups excluding carboxylic acids is 1. The molecule has 17 heavy (non-hydrogen) atoms. The highest BCUT2D eigenvalue weighted by atomic mass is 16.2. The second kappa shape index (κ2) is 4.78. The minimum Gasteiger partial charge on any atom is -0.399 e. The Kier molecular flexibility index (Phi) is 3.81. The molecule has 3 heteroatoms. The highest BCUT2D eigenvalue weighted by Crippen LogP contribution is 2.21. The van der Waals surface area contributed by atoms with Crippen molar-refractivity contribution in [1.82, 2.24) is 4.90 Å². The molecule has 0 heterocycles. The standard InChI is InChI=1S/C14H22N2O/c1-10(2)16(14(3,4)5)13(17)11-7-6-8-12(15)9-11/h6-10H,15H2,1-5H3. The van der Waals surface area contributed by atoms with E-state index in [9.17, 15) is 4.79 Å². The first-order valence-electron chi connectivity index (χ1n) is 5.92. The summed E-state index contributed by atoms with van der Waals surface area (Å²) in [7, 11) is 0. The van der Waals surface area contributed by atoms with Gasteiger partial charge in [-0.2, -0.15) is 0 Å². The molecule has 0 unspecified atom stereocenters. The molecule has 0 spiro atoms. The van der Waals surface area contributed by atoms with Gasteiger partial charge in [0.2, 0.25) is 0 Å². The van der Waals surface area contributed by atoms with Gasteiger partial charge >= 0.3 is 0 Å². The first-order valence-corrected chi connectivity index (χ1v) is 5.92. The summed E-state index contributed by atoms with van der Waals surface area (Å²) in [5, 5.41) is 0. The molecule has 0 saturated carbocycles. The van der Waals surface area contributed by atoms with Crippen molar-refractivity contribution < 1.29 is 4.79 Å². The molecule has 1 aromatic carbocycles. The molecule has 0 aromatic heterocycles. The molecule has 0 saturated heterocycles. The lowest BCUT2D eigenvalue weighted by Crippen LogP contribution is -2.49. The third kappa shape index (κ3) is 3.22. The topological polar surface area (TPSA) is 46.3 Å². The summed E-state index contributed by atoms with van der Waals surface area (Å²) in [6.45, 7) is 10.2. The zero-order chi connectivity index (χ0) is 13.2. The van der Waals surface area contributed by atoms with Crippen LogP contribution in [-0.2, 0) is 0 Å². The molecule has 0 atom stereocenters. The van der Waals surface area contributed by atoms with E-state index in [-0.39, 0.29) is 17.5 Å². The molecule has 2 N–H and O–H groups in total. The van der Waals surface area contributed by atoms with Crippen molar-refractivity contribution >= 4 is 11.6 Å². The van der Waals surface area contributed by atoms with Gasteiger partial charge in [-0.1, -0.05) is 6.07 Å². The Morgan fingerprint density at radius 1 is 1.29 bits per heavy atom. The number of hydrogen-bond donors (Lipinski definition) is 1. The van der Waals surface area contributed by atoms with Crippen molar-refractivity contribution in [3.05, 3.63) is 29.8 Å². The fourth-order valence-electron chi connectivity index (χ4n) is 2.12. The van der Waals surface area contributed by atoms with Crippen LogP contribution in [0.4, 0.5) is 5.69 Å². The normalized spacial score (nSPS) is 11.6. The van der Waals surface area contributed by atoms with E-state index in [0.29, 0.717) is 11.3 Å². The van der Waals surface area contributed by atoms with Crippen molar-refractivity contribution in [3.8, 4) is 0 Å². The third-order valence-corrected chi connectivity index (χ3v) is 2.59. The van der Waals surface area contributed by atoms with E-state index in [1.54, 1.807) is 18.2 Å². The van der Waals surface area contributed by atoms with Crippen LogP contribution in [0, 0.1) is 0 Å². The van der Waals surface area contributed by atoms with Crippen LogP contribution in [0.15, 0.2) is 24.3 Å². The molecule has 0 radical (unpaired) electrons. The number of nitrogens with zero attached hydrogens (tertiary/aromatic N) is 1. The fourth-order valence-corrected chi connectivity index (χ4v) is 2.12. The Bertz CT molecular complexity index is 405. The third-order valence-electron chi connectivity index (χ3n) is 2.59. The number of nitrogens with two attached hydrogens (primary N) is 1. The van der Waals surface area contributed by atoms with Gasteiger partial charge in [-0.25, -0.2) is 0 Å². The zero-order valence-corrected chi connectivity index (χ0v) is 11.3. The molecule has 94 valence electrons. The van der Waals surface area contributed by atoms with Gasteiger partial charge in [-0.15, -0.1) is 0 Å². The lowest BCUT2D eigenvalue weighted by molar-refractivity contribution is 0.0490. The highest BCUT2D eigenvalue weighted by Gasteiger charge is 2.29. The Morgan fingerprint density at radius 3 is 2.29 bits per heavy atom. The van der Waals surface area contributed by atoms with E-state index in [0.717, 1.165) is 0 Å². The van der Waals surface area contributed by atoms with Crippen molar-refractivity contribution in [2.75, 3.05) is 5.73 Å². The van der Waals surface area contributed by atoms with Crippen LogP contribution in [0.5, 0.6) is 0 Å². The van der Waals surface area contributed by atoms with E-state index in [4.69, 9.17) is 5.73 Å². The molecule has 0 aliphatic rings. The molecule has 3 nitrogen and oxygen atoms in total. The Hall–Kier alpha value is -1.51. The summed E-state index contributed by atoms with van der Waals surface area (Å²) in [5.41, 5.74) is 6.78. The smallest absolute Gasteiger partial charge is 0.254 e. The summed E-state index contributed by atoms with van der Waals surface area (Å²) >= 11 is 0. The van der Waals surface area contributed by atoms with Gasteiger partial charge < -0.3 is 10.6 Å². The van der Waals surface area contributed by atoms with E-state index in [2.05, 4.69) is 0 Å². The first-order chi connectivity index (χ1) is 7.73. The Morgan fingerprint density at radius 2 is 1.88 bits per heavy atom. The van der Waals surface area contributed by atoms with E-state index in [1.165, 1.54) is 0 Å². The molecule has 0 fully saturated rings. The summed E-state index contributed by atoms with van der Waals surface area (Å²) < 4.78 is 0. The molecule has 0 aliphatic heterocycles. The van der Waals surface area contributed by atoms with Crippen LogP contribution in [0.1, 0.15) is 45.0 Å². The van der Waals surface area contributed by atoms with Gasteiger partial charge in [0.1, 0.15) is 0 Å². The number of carbonyl (C=O) groups is 1. The quantitative estimate of drug-likeness (QED) is 0.800. The van der Waals surface area contributed by atoms with Gasteiger partial charge in [0.25, 0.3) is 5.91 Å². The molecular weight excluding hydrogens is 212 g/mol. The summed E-state index contributed by atoms with van der Waals surface area (Å²) in [6, 6.07) is 7.28. The number of anilines is 1. The van der Waals surface area contributed by atoms with Crippen LogP contribution in [0.25, 0.3) is 0 Å². The predicted molar refractivity (Wildman–Crippen MR) is 71.9 cm³/mol. The summed E-state index contributed by atoms with van der Waals surface area (Å²) in [5.74, 6) is 0.0276. The maximum absolute atomic E-state index is 12.5.